The number of carbonyl (C=O) groups is 1. The Morgan fingerprint density at radius 1 is 1.17 bits per heavy atom. The highest BCUT2D eigenvalue weighted by atomic mass is 32.2. The van der Waals surface area contributed by atoms with Crippen molar-refractivity contribution in [2.45, 2.75) is 57.9 Å². The van der Waals surface area contributed by atoms with E-state index in [0.717, 1.165) is 38.5 Å². The van der Waals surface area contributed by atoms with Crippen LogP contribution in [0.3, 0.4) is 0 Å². The summed E-state index contributed by atoms with van der Waals surface area (Å²) in [4.78, 5) is 11.3. The van der Waals surface area contributed by atoms with Crippen LogP contribution in [0.5, 0.6) is 0 Å². The molecule has 18 heavy (non-hydrogen) atoms. The first-order valence-electron chi connectivity index (χ1n) is 6.98. The number of sulfonamides is 1. The first-order chi connectivity index (χ1) is 8.49. The highest BCUT2D eigenvalue weighted by Crippen LogP contribution is 2.33. The summed E-state index contributed by atoms with van der Waals surface area (Å²) in [5.74, 6) is 0.756. The Morgan fingerprint density at radius 3 is 2.50 bits per heavy atom. The molecule has 0 aromatic rings. The van der Waals surface area contributed by atoms with E-state index in [0.29, 0.717) is 24.6 Å². The summed E-state index contributed by atoms with van der Waals surface area (Å²) in [5, 5.41) is 0. The predicted molar refractivity (Wildman–Crippen MR) is 70.8 cm³/mol. The van der Waals surface area contributed by atoms with Crippen molar-refractivity contribution in [1.82, 2.24) is 4.31 Å². The van der Waals surface area contributed by atoms with Crippen molar-refractivity contribution in [3.8, 4) is 0 Å². The molecule has 0 radical (unpaired) electrons. The van der Waals surface area contributed by atoms with Crippen molar-refractivity contribution >= 4 is 15.8 Å². The molecule has 0 aromatic carbocycles. The van der Waals surface area contributed by atoms with Gasteiger partial charge in [-0.05, 0) is 38.5 Å². The number of rotatable bonds is 5. The molecule has 2 rings (SSSR count). The molecule has 1 atom stereocenters. The Kier molecular flexibility index (Phi) is 4.43. The van der Waals surface area contributed by atoms with Crippen molar-refractivity contribution in [3.63, 3.8) is 0 Å². The van der Waals surface area contributed by atoms with Crippen LogP contribution in [0.4, 0.5) is 0 Å². The number of hydrogen-bond donors (Lipinski definition) is 0. The van der Waals surface area contributed by atoms with Crippen LogP contribution in [0.15, 0.2) is 0 Å². The van der Waals surface area contributed by atoms with E-state index in [1.54, 1.807) is 11.2 Å². The molecule has 1 aliphatic carbocycles. The van der Waals surface area contributed by atoms with E-state index in [1.807, 2.05) is 0 Å². The molecule has 4 nitrogen and oxygen atoms in total. The second-order valence-corrected chi connectivity index (χ2v) is 7.71. The molecular weight excluding hydrogens is 250 g/mol. The van der Waals surface area contributed by atoms with E-state index in [-0.39, 0.29) is 11.8 Å². The van der Waals surface area contributed by atoms with Crippen molar-refractivity contribution in [3.05, 3.63) is 0 Å². The third kappa shape index (κ3) is 3.79. The molecule has 1 aliphatic heterocycles. The lowest BCUT2D eigenvalue weighted by Crippen LogP contribution is -2.42. The van der Waals surface area contributed by atoms with Crippen LogP contribution in [-0.4, -0.2) is 36.8 Å². The van der Waals surface area contributed by atoms with Gasteiger partial charge in [-0.2, -0.15) is 4.31 Å². The summed E-state index contributed by atoms with van der Waals surface area (Å²) in [7, 11) is -3.16. The first kappa shape index (κ1) is 14.0. The lowest BCUT2D eigenvalue weighted by Gasteiger charge is -2.28. The van der Waals surface area contributed by atoms with Gasteiger partial charge in [-0.25, -0.2) is 8.42 Å². The van der Waals surface area contributed by atoms with Gasteiger partial charge in [-0.3, -0.25) is 4.79 Å². The average molecular weight is 273 g/mol. The molecule has 0 bridgehead atoms. The summed E-state index contributed by atoms with van der Waals surface area (Å²) >= 11 is 0. The number of Topliss-reactive ketones (excluding diaryl/α,β-unsaturated/α-hetero) is 1. The van der Waals surface area contributed by atoms with E-state index in [1.165, 1.54) is 0 Å². The lowest BCUT2D eigenvalue weighted by atomic mass is 10.1. The fraction of sp³-hybridized carbons (Fsp3) is 0.923. The van der Waals surface area contributed by atoms with Gasteiger partial charge in [0, 0.05) is 19.0 Å². The standard InChI is InChI=1S/C13H23NO3S/c1-11(15)9-13-5-3-2-4-8-14(13)18(16,17)10-12-6-7-12/h12-13H,2-10H2,1H3. The van der Waals surface area contributed by atoms with Crippen LogP contribution < -0.4 is 0 Å². The molecule has 2 aliphatic rings. The van der Waals surface area contributed by atoms with Gasteiger partial charge in [-0.1, -0.05) is 12.8 Å². The van der Waals surface area contributed by atoms with Crippen LogP contribution >= 0.6 is 0 Å². The van der Waals surface area contributed by atoms with Crippen molar-refractivity contribution in [2.75, 3.05) is 12.3 Å². The van der Waals surface area contributed by atoms with Gasteiger partial charge in [0.2, 0.25) is 10.0 Å². The zero-order valence-electron chi connectivity index (χ0n) is 11.1. The molecule has 0 spiro atoms. The monoisotopic (exact) mass is 273 g/mol. The summed E-state index contributed by atoms with van der Waals surface area (Å²) in [5.41, 5.74) is 0. The van der Waals surface area contributed by atoms with Gasteiger partial charge in [0.1, 0.15) is 5.78 Å². The maximum atomic E-state index is 12.4. The number of nitrogens with zero attached hydrogens (tertiary/aromatic N) is 1. The van der Waals surface area contributed by atoms with Crippen molar-refractivity contribution in [1.29, 1.82) is 0 Å². The molecule has 1 saturated heterocycles. The van der Waals surface area contributed by atoms with Gasteiger partial charge < -0.3 is 0 Å². The van der Waals surface area contributed by atoms with Crippen LogP contribution in [0, 0.1) is 5.92 Å². The summed E-state index contributed by atoms with van der Waals surface area (Å²) in [6.07, 6.45) is 6.35. The third-order valence-electron chi connectivity index (χ3n) is 3.85. The van der Waals surface area contributed by atoms with E-state index in [2.05, 4.69) is 0 Å². The van der Waals surface area contributed by atoms with Gasteiger partial charge in [0.25, 0.3) is 0 Å². The number of carbonyl (C=O) groups excluding carboxylic acids is 1. The van der Waals surface area contributed by atoms with Gasteiger partial charge in [0.05, 0.1) is 5.75 Å². The van der Waals surface area contributed by atoms with Crippen LogP contribution in [0.2, 0.25) is 0 Å². The molecule has 0 amide bonds. The lowest BCUT2D eigenvalue weighted by molar-refractivity contribution is -0.117. The Bertz CT molecular complexity index is 400. The highest BCUT2D eigenvalue weighted by Gasteiger charge is 2.36. The molecular formula is C13H23NO3S. The second-order valence-electron chi connectivity index (χ2n) is 5.74. The first-order valence-corrected chi connectivity index (χ1v) is 8.59. The maximum Gasteiger partial charge on any atom is 0.214 e. The zero-order valence-corrected chi connectivity index (χ0v) is 11.9. The van der Waals surface area contributed by atoms with Gasteiger partial charge in [-0.15, -0.1) is 0 Å². The predicted octanol–water partition coefficient (Wildman–Crippen LogP) is 1.95. The molecule has 5 heteroatoms. The molecule has 1 saturated carbocycles. The number of ketones is 1. The average Bonchev–Trinajstić information content (AvgIpc) is 3.04. The van der Waals surface area contributed by atoms with Crippen molar-refractivity contribution in [2.24, 2.45) is 5.92 Å². The molecule has 1 heterocycles. The van der Waals surface area contributed by atoms with Crippen LogP contribution in [-0.2, 0) is 14.8 Å². The SMILES string of the molecule is CC(=O)CC1CCCCCN1S(=O)(=O)CC1CC1. The Hall–Kier alpha value is -0.420. The summed E-state index contributed by atoms with van der Waals surface area (Å²) in [6, 6.07) is -0.0891. The fourth-order valence-electron chi connectivity index (χ4n) is 2.73. The third-order valence-corrected chi connectivity index (χ3v) is 5.93. The number of hydrogen-bond acceptors (Lipinski definition) is 3. The van der Waals surface area contributed by atoms with E-state index in [9.17, 15) is 13.2 Å². The normalized spacial score (nSPS) is 26.8. The van der Waals surface area contributed by atoms with E-state index < -0.39 is 10.0 Å². The fourth-order valence-corrected chi connectivity index (χ4v) is 4.89. The van der Waals surface area contributed by atoms with E-state index >= 15 is 0 Å². The summed E-state index contributed by atoms with van der Waals surface area (Å²) < 4.78 is 26.4. The zero-order chi connectivity index (χ0) is 13.2. The quantitative estimate of drug-likeness (QED) is 0.769. The minimum absolute atomic E-state index is 0.0891. The molecule has 104 valence electrons. The molecule has 0 N–H and O–H groups in total. The molecule has 2 fully saturated rings. The molecule has 0 aromatic heterocycles. The maximum absolute atomic E-state index is 12.4. The van der Waals surface area contributed by atoms with Crippen molar-refractivity contribution < 1.29 is 13.2 Å². The Morgan fingerprint density at radius 2 is 1.89 bits per heavy atom. The smallest absolute Gasteiger partial charge is 0.214 e. The topological polar surface area (TPSA) is 54.5 Å². The van der Waals surface area contributed by atoms with Crippen LogP contribution in [0.1, 0.15) is 51.9 Å². The minimum atomic E-state index is -3.16. The van der Waals surface area contributed by atoms with E-state index in [4.69, 9.17) is 0 Å². The summed E-state index contributed by atoms with van der Waals surface area (Å²) in [6.45, 7) is 2.16. The van der Waals surface area contributed by atoms with Gasteiger partial charge >= 0.3 is 0 Å². The Labute approximate surface area is 110 Å². The highest BCUT2D eigenvalue weighted by molar-refractivity contribution is 7.89. The second kappa shape index (κ2) is 5.70. The van der Waals surface area contributed by atoms with Gasteiger partial charge in [0.15, 0.2) is 0 Å². The largest absolute Gasteiger partial charge is 0.300 e. The molecule has 1 unspecified atom stereocenters. The minimum Gasteiger partial charge on any atom is -0.300 e. The Balaban J connectivity index is 2.10. The van der Waals surface area contributed by atoms with Crippen LogP contribution in [0.25, 0.3) is 0 Å².